The van der Waals surface area contributed by atoms with Gasteiger partial charge in [-0.2, -0.15) is 0 Å². The number of nitrogens with one attached hydrogen (secondary N) is 1. The van der Waals surface area contributed by atoms with Crippen molar-refractivity contribution in [3.8, 4) is 0 Å². The fourth-order valence-corrected chi connectivity index (χ4v) is 3.18. The molecule has 3 rings (SSSR count). The summed E-state index contributed by atoms with van der Waals surface area (Å²) in [4.78, 5) is 37.0. The van der Waals surface area contributed by atoms with E-state index < -0.39 is 17.6 Å². The molecule has 0 fully saturated rings. The Hall–Kier alpha value is -3.12. The normalized spacial score (nSPS) is 12.0. The van der Waals surface area contributed by atoms with E-state index in [-0.39, 0.29) is 18.4 Å². The first kappa shape index (κ1) is 21.6. The molecule has 6 nitrogen and oxygen atoms in total. The number of hydrogen-bond acceptors (Lipinski definition) is 5. The van der Waals surface area contributed by atoms with Gasteiger partial charge in [-0.3, -0.25) is 4.79 Å². The van der Waals surface area contributed by atoms with Crippen molar-refractivity contribution >= 4 is 34.4 Å². The van der Waals surface area contributed by atoms with Gasteiger partial charge in [-0.15, -0.1) is 0 Å². The topological polar surface area (TPSA) is 85.6 Å². The van der Waals surface area contributed by atoms with Gasteiger partial charge in [0.2, 0.25) is 0 Å². The van der Waals surface area contributed by atoms with Crippen LogP contribution in [0.15, 0.2) is 57.7 Å². The molecule has 1 unspecified atom stereocenters. The first-order valence-electron chi connectivity index (χ1n) is 9.51. The Labute approximate surface area is 178 Å². The van der Waals surface area contributed by atoms with Crippen molar-refractivity contribution in [2.24, 2.45) is 5.92 Å². The highest BCUT2D eigenvalue weighted by Gasteiger charge is 2.26. The molecular formula is C23H22ClNO5. The van der Waals surface area contributed by atoms with E-state index in [2.05, 4.69) is 5.32 Å². The molecule has 156 valence electrons. The smallest absolute Gasteiger partial charge is 0.336 e. The van der Waals surface area contributed by atoms with E-state index >= 15 is 0 Å². The number of aryl methyl sites for hydroxylation is 1. The van der Waals surface area contributed by atoms with E-state index in [1.54, 1.807) is 49.4 Å². The average Bonchev–Trinajstić information content (AvgIpc) is 2.71. The molecule has 0 bridgehead atoms. The first-order chi connectivity index (χ1) is 14.3. The summed E-state index contributed by atoms with van der Waals surface area (Å²) in [5.74, 6) is -1.15. The summed E-state index contributed by atoms with van der Waals surface area (Å²) >= 11 is 6.19. The molecular weight excluding hydrogens is 406 g/mol. The predicted octanol–water partition coefficient (Wildman–Crippen LogP) is 4.25. The van der Waals surface area contributed by atoms with Gasteiger partial charge in [-0.25, -0.2) is 9.59 Å². The summed E-state index contributed by atoms with van der Waals surface area (Å²) < 4.78 is 10.7. The quantitative estimate of drug-likeness (QED) is 0.469. The number of esters is 1. The number of amides is 1. The van der Waals surface area contributed by atoms with Crippen LogP contribution in [0, 0.1) is 12.8 Å². The Balaban J connectivity index is 1.78. The summed E-state index contributed by atoms with van der Waals surface area (Å²) in [7, 11) is 0. The second-order valence-corrected chi connectivity index (χ2v) is 7.76. The van der Waals surface area contributed by atoms with E-state index in [1.165, 1.54) is 6.07 Å². The molecule has 3 aromatic rings. The van der Waals surface area contributed by atoms with Crippen LogP contribution in [-0.2, 0) is 16.1 Å². The average molecular weight is 428 g/mol. The molecule has 0 radical (unpaired) electrons. The molecule has 1 aromatic heterocycles. The predicted molar refractivity (Wildman–Crippen MR) is 115 cm³/mol. The maximum Gasteiger partial charge on any atom is 0.336 e. The summed E-state index contributed by atoms with van der Waals surface area (Å²) in [5, 5.41) is 3.82. The molecule has 0 aliphatic heterocycles. The van der Waals surface area contributed by atoms with Gasteiger partial charge < -0.3 is 14.5 Å². The lowest BCUT2D eigenvalue weighted by Gasteiger charge is -2.21. The van der Waals surface area contributed by atoms with E-state index in [0.29, 0.717) is 27.1 Å². The Bertz CT molecular complexity index is 1140. The number of halogens is 1. The zero-order chi connectivity index (χ0) is 21.8. The van der Waals surface area contributed by atoms with E-state index in [9.17, 15) is 14.4 Å². The maximum absolute atomic E-state index is 12.7. The van der Waals surface area contributed by atoms with E-state index in [4.69, 9.17) is 20.8 Å². The molecule has 2 aromatic carbocycles. The van der Waals surface area contributed by atoms with Crippen molar-refractivity contribution in [2.45, 2.75) is 33.4 Å². The third-order valence-electron chi connectivity index (χ3n) is 4.72. The summed E-state index contributed by atoms with van der Waals surface area (Å²) in [5.41, 5.74) is 1.52. The first-order valence-corrected chi connectivity index (χ1v) is 9.89. The largest absolute Gasteiger partial charge is 0.459 e. The molecule has 0 aliphatic rings. The van der Waals surface area contributed by atoms with Crippen LogP contribution in [0.1, 0.15) is 35.3 Å². The number of fused-ring (bicyclic) bond motifs is 1. The molecule has 1 atom stereocenters. The van der Waals surface area contributed by atoms with Gasteiger partial charge in [-0.05, 0) is 42.7 Å². The molecule has 1 heterocycles. The molecule has 0 spiro atoms. The second kappa shape index (κ2) is 9.13. The van der Waals surface area contributed by atoms with E-state index in [1.807, 2.05) is 13.8 Å². The minimum atomic E-state index is -0.838. The molecule has 30 heavy (non-hydrogen) atoms. The molecule has 0 aliphatic carbocycles. The van der Waals surface area contributed by atoms with Crippen molar-refractivity contribution in [1.82, 2.24) is 5.32 Å². The van der Waals surface area contributed by atoms with Crippen LogP contribution in [0.4, 0.5) is 0 Å². The maximum atomic E-state index is 12.7. The highest BCUT2D eigenvalue weighted by atomic mass is 35.5. The Kier molecular flexibility index (Phi) is 6.57. The Morgan fingerprint density at radius 1 is 1.13 bits per heavy atom. The van der Waals surface area contributed by atoms with Crippen LogP contribution in [0.3, 0.4) is 0 Å². The minimum Gasteiger partial charge on any atom is -0.459 e. The van der Waals surface area contributed by atoms with Crippen molar-refractivity contribution in [3.63, 3.8) is 0 Å². The number of ether oxygens (including phenoxy) is 1. The Morgan fingerprint density at radius 2 is 1.83 bits per heavy atom. The standard InChI is InChI=1S/C23H22ClNO5/c1-13(2)21(25-22(27)15-7-5-4-6-8-15)23(28)29-12-16-10-20(26)30-19-9-14(3)18(24)11-17(16)19/h4-11,13,21H,12H2,1-3H3,(H,25,27). The van der Waals surface area contributed by atoms with Crippen LogP contribution in [0.5, 0.6) is 0 Å². The van der Waals surface area contributed by atoms with Crippen molar-refractivity contribution in [3.05, 3.63) is 80.7 Å². The van der Waals surface area contributed by atoms with Crippen LogP contribution < -0.4 is 10.9 Å². The molecule has 0 saturated heterocycles. The third-order valence-corrected chi connectivity index (χ3v) is 5.13. The van der Waals surface area contributed by atoms with E-state index in [0.717, 1.165) is 5.56 Å². The molecule has 7 heteroatoms. The Morgan fingerprint density at radius 3 is 2.50 bits per heavy atom. The number of carbonyl (C=O) groups is 2. The van der Waals surface area contributed by atoms with Crippen LogP contribution in [-0.4, -0.2) is 17.9 Å². The second-order valence-electron chi connectivity index (χ2n) is 7.36. The van der Waals surface area contributed by atoms with Gasteiger partial charge in [-0.1, -0.05) is 43.6 Å². The number of rotatable bonds is 6. The SMILES string of the molecule is Cc1cc2oc(=O)cc(COC(=O)C(NC(=O)c3ccccc3)C(C)C)c2cc1Cl. The molecule has 1 N–H and O–H groups in total. The van der Waals surface area contributed by atoms with Crippen molar-refractivity contribution in [1.29, 1.82) is 0 Å². The molecule has 0 saturated carbocycles. The van der Waals surface area contributed by atoms with Gasteiger partial charge in [0.25, 0.3) is 5.91 Å². The van der Waals surface area contributed by atoms with Gasteiger partial charge >= 0.3 is 11.6 Å². The van der Waals surface area contributed by atoms with Crippen molar-refractivity contribution < 1.29 is 18.7 Å². The number of hydrogen-bond donors (Lipinski definition) is 1. The number of carbonyl (C=O) groups excluding carboxylic acids is 2. The van der Waals surface area contributed by atoms with Gasteiger partial charge in [0.1, 0.15) is 18.2 Å². The zero-order valence-electron chi connectivity index (χ0n) is 16.9. The van der Waals surface area contributed by atoms with Crippen molar-refractivity contribution in [2.75, 3.05) is 0 Å². The van der Waals surface area contributed by atoms with Gasteiger partial charge in [0.05, 0.1) is 0 Å². The lowest BCUT2D eigenvalue weighted by Crippen LogP contribution is -2.45. The molecule has 1 amide bonds. The zero-order valence-corrected chi connectivity index (χ0v) is 17.7. The number of benzene rings is 2. The summed E-state index contributed by atoms with van der Waals surface area (Å²) in [6, 6.07) is 12.4. The lowest BCUT2D eigenvalue weighted by molar-refractivity contribution is -0.148. The van der Waals surface area contributed by atoms with Gasteiger partial charge in [0.15, 0.2) is 0 Å². The van der Waals surface area contributed by atoms with Crippen LogP contribution >= 0.6 is 11.6 Å². The minimum absolute atomic E-state index is 0.148. The monoisotopic (exact) mass is 427 g/mol. The summed E-state index contributed by atoms with van der Waals surface area (Å²) in [6.45, 7) is 5.28. The van der Waals surface area contributed by atoms with Crippen LogP contribution in [0.2, 0.25) is 5.02 Å². The fraction of sp³-hybridized carbons (Fsp3) is 0.261. The lowest BCUT2D eigenvalue weighted by atomic mass is 10.0. The highest BCUT2D eigenvalue weighted by Crippen LogP contribution is 2.25. The highest BCUT2D eigenvalue weighted by molar-refractivity contribution is 6.32. The van der Waals surface area contributed by atoms with Gasteiger partial charge in [0, 0.05) is 27.6 Å². The summed E-state index contributed by atoms with van der Waals surface area (Å²) in [6.07, 6.45) is 0. The fourth-order valence-electron chi connectivity index (χ4n) is 3.02. The van der Waals surface area contributed by atoms with Crippen LogP contribution in [0.25, 0.3) is 11.0 Å². The third kappa shape index (κ3) is 4.89.